The maximum Gasteiger partial charge on any atom is 0.337 e. The fourth-order valence-corrected chi connectivity index (χ4v) is 3.12. The number of rotatable bonds is 8. The standard InChI is InChI=1S/C21H24N4O2/c1-3-4-5-6-20-23-15(2)24-25(20)14-16-7-9-17(10-8-16)18-11-12-22-13-19(18)21(26)27/h7-13H,3-6,14H2,1-2H3,(H,26,27). The van der Waals surface area contributed by atoms with E-state index in [-0.39, 0.29) is 5.56 Å². The van der Waals surface area contributed by atoms with Crippen LogP contribution in [0.3, 0.4) is 0 Å². The second-order valence-electron chi connectivity index (χ2n) is 6.61. The molecule has 0 spiro atoms. The summed E-state index contributed by atoms with van der Waals surface area (Å²) in [4.78, 5) is 19.9. The van der Waals surface area contributed by atoms with E-state index in [0.29, 0.717) is 12.1 Å². The second-order valence-corrected chi connectivity index (χ2v) is 6.61. The molecule has 1 N–H and O–H groups in total. The van der Waals surface area contributed by atoms with Gasteiger partial charge >= 0.3 is 5.97 Å². The Morgan fingerprint density at radius 2 is 1.93 bits per heavy atom. The number of unbranched alkanes of at least 4 members (excludes halogenated alkanes) is 2. The third-order valence-corrected chi connectivity index (χ3v) is 4.51. The summed E-state index contributed by atoms with van der Waals surface area (Å²) < 4.78 is 1.97. The molecule has 0 amide bonds. The smallest absolute Gasteiger partial charge is 0.337 e. The molecule has 0 radical (unpaired) electrons. The lowest BCUT2D eigenvalue weighted by Crippen LogP contribution is -2.07. The molecule has 140 valence electrons. The number of hydrogen-bond acceptors (Lipinski definition) is 4. The zero-order valence-electron chi connectivity index (χ0n) is 15.7. The van der Waals surface area contributed by atoms with Crippen LogP contribution in [0.4, 0.5) is 0 Å². The van der Waals surface area contributed by atoms with Crippen LogP contribution in [0.25, 0.3) is 11.1 Å². The molecule has 6 heteroatoms. The first-order valence-electron chi connectivity index (χ1n) is 9.25. The average molecular weight is 364 g/mol. The van der Waals surface area contributed by atoms with Crippen LogP contribution in [0.1, 0.15) is 53.8 Å². The number of aromatic nitrogens is 4. The Morgan fingerprint density at radius 1 is 1.15 bits per heavy atom. The highest BCUT2D eigenvalue weighted by Gasteiger charge is 2.12. The minimum atomic E-state index is -0.975. The van der Waals surface area contributed by atoms with Crippen LogP contribution in [0.5, 0.6) is 0 Å². The molecule has 2 aromatic heterocycles. The molecule has 1 aromatic carbocycles. The summed E-state index contributed by atoms with van der Waals surface area (Å²) in [5, 5.41) is 13.9. The highest BCUT2D eigenvalue weighted by molar-refractivity contribution is 5.95. The van der Waals surface area contributed by atoms with Crippen LogP contribution >= 0.6 is 0 Å². The molecule has 0 saturated carbocycles. The number of aryl methyl sites for hydroxylation is 2. The maximum absolute atomic E-state index is 11.4. The summed E-state index contributed by atoms with van der Waals surface area (Å²) >= 11 is 0. The summed E-state index contributed by atoms with van der Waals surface area (Å²) in [6.07, 6.45) is 7.42. The summed E-state index contributed by atoms with van der Waals surface area (Å²) in [5.41, 5.74) is 2.83. The van der Waals surface area contributed by atoms with Gasteiger partial charge < -0.3 is 5.11 Å². The molecule has 0 aliphatic rings. The largest absolute Gasteiger partial charge is 0.478 e. The van der Waals surface area contributed by atoms with Gasteiger partial charge in [-0.25, -0.2) is 14.5 Å². The number of hydrogen-bond donors (Lipinski definition) is 1. The van der Waals surface area contributed by atoms with Crippen molar-refractivity contribution in [3.8, 4) is 11.1 Å². The molecule has 0 fully saturated rings. The summed E-state index contributed by atoms with van der Waals surface area (Å²) in [6, 6.07) is 9.63. The summed E-state index contributed by atoms with van der Waals surface area (Å²) in [6.45, 7) is 4.76. The number of nitrogens with zero attached hydrogens (tertiary/aromatic N) is 4. The Kier molecular flexibility index (Phi) is 5.96. The van der Waals surface area contributed by atoms with Gasteiger partial charge in [0.25, 0.3) is 0 Å². The van der Waals surface area contributed by atoms with E-state index in [9.17, 15) is 9.90 Å². The van der Waals surface area contributed by atoms with E-state index in [1.807, 2.05) is 35.9 Å². The summed E-state index contributed by atoms with van der Waals surface area (Å²) in [5.74, 6) is 0.838. The molecule has 0 bridgehead atoms. The van der Waals surface area contributed by atoms with Gasteiger partial charge in [-0.3, -0.25) is 4.98 Å². The molecule has 2 heterocycles. The number of pyridine rings is 1. The van der Waals surface area contributed by atoms with E-state index in [2.05, 4.69) is 22.0 Å². The van der Waals surface area contributed by atoms with Crippen molar-refractivity contribution in [2.45, 2.75) is 46.1 Å². The zero-order valence-corrected chi connectivity index (χ0v) is 15.7. The maximum atomic E-state index is 11.4. The van der Waals surface area contributed by atoms with E-state index in [1.165, 1.54) is 19.0 Å². The van der Waals surface area contributed by atoms with Crippen molar-refractivity contribution in [2.24, 2.45) is 0 Å². The number of carbonyl (C=O) groups is 1. The van der Waals surface area contributed by atoms with Gasteiger partial charge in [-0.05, 0) is 36.1 Å². The van der Waals surface area contributed by atoms with Gasteiger partial charge in [-0.15, -0.1) is 0 Å². The predicted molar refractivity (Wildman–Crippen MR) is 104 cm³/mol. The molecule has 0 aliphatic carbocycles. The van der Waals surface area contributed by atoms with Gasteiger partial charge in [0.05, 0.1) is 12.1 Å². The third kappa shape index (κ3) is 4.58. The lowest BCUT2D eigenvalue weighted by Gasteiger charge is -2.09. The molecule has 3 rings (SSSR count). The topological polar surface area (TPSA) is 80.9 Å². The predicted octanol–water partition coefficient (Wildman–Crippen LogP) is 4.13. The molecule has 6 nitrogen and oxygen atoms in total. The van der Waals surface area contributed by atoms with Crippen molar-refractivity contribution in [3.05, 3.63) is 65.5 Å². The number of benzene rings is 1. The van der Waals surface area contributed by atoms with Gasteiger partial charge in [0.1, 0.15) is 11.6 Å². The molecule has 3 aromatic rings. The van der Waals surface area contributed by atoms with Crippen LogP contribution in [-0.4, -0.2) is 30.8 Å². The number of carboxylic acid groups (broad SMARTS) is 1. The third-order valence-electron chi connectivity index (χ3n) is 4.51. The van der Waals surface area contributed by atoms with E-state index < -0.39 is 5.97 Å². The van der Waals surface area contributed by atoms with Gasteiger partial charge in [0.2, 0.25) is 0 Å². The number of aromatic carboxylic acids is 1. The van der Waals surface area contributed by atoms with E-state index in [0.717, 1.165) is 35.6 Å². The van der Waals surface area contributed by atoms with Crippen LogP contribution in [0, 0.1) is 6.92 Å². The molecule has 0 saturated heterocycles. The Morgan fingerprint density at radius 3 is 2.63 bits per heavy atom. The Balaban J connectivity index is 1.78. The van der Waals surface area contributed by atoms with Crippen molar-refractivity contribution in [2.75, 3.05) is 0 Å². The van der Waals surface area contributed by atoms with Crippen molar-refractivity contribution in [1.82, 2.24) is 19.7 Å². The molecule has 0 atom stereocenters. The zero-order chi connectivity index (χ0) is 19.2. The first kappa shape index (κ1) is 18.8. The van der Waals surface area contributed by atoms with E-state index >= 15 is 0 Å². The van der Waals surface area contributed by atoms with Crippen molar-refractivity contribution >= 4 is 5.97 Å². The van der Waals surface area contributed by atoms with Gasteiger partial charge in [0.15, 0.2) is 0 Å². The Hall–Kier alpha value is -3.02. The SMILES string of the molecule is CCCCCc1nc(C)nn1Cc1ccc(-c2ccncc2C(=O)O)cc1. The lowest BCUT2D eigenvalue weighted by molar-refractivity contribution is 0.0697. The second kappa shape index (κ2) is 8.58. The lowest BCUT2D eigenvalue weighted by atomic mass is 10.0. The molecular formula is C21H24N4O2. The average Bonchev–Trinajstić information content (AvgIpc) is 3.01. The van der Waals surface area contributed by atoms with Gasteiger partial charge in [0, 0.05) is 18.8 Å². The fourth-order valence-electron chi connectivity index (χ4n) is 3.12. The van der Waals surface area contributed by atoms with E-state index in [1.54, 1.807) is 12.3 Å². The Labute approximate surface area is 158 Å². The molecule has 0 unspecified atom stereocenters. The van der Waals surface area contributed by atoms with Crippen molar-refractivity contribution < 1.29 is 9.90 Å². The monoisotopic (exact) mass is 364 g/mol. The van der Waals surface area contributed by atoms with Crippen LogP contribution in [0.15, 0.2) is 42.7 Å². The van der Waals surface area contributed by atoms with Crippen LogP contribution in [0.2, 0.25) is 0 Å². The normalized spacial score (nSPS) is 10.9. The highest BCUT2D eigenvalue weighted by Crippen LogP contribution is 2.23. The van der Waals surface area contributed by atoms with Crippen LogP contribution < -0.4 is 0 Å². The Bertz CT molecular complexity index is 916. The molecule has 27 heavy (non-hydrogen) atoms. The van der Waals surface area contributed by atoms with E-state index in [4.69, 9.17) is 0 Å². The first-order valence-corrected chi connectivity index (χ1v) is 9.25. The minimum absolute atomic E-state index is 0.204. The molecular weight excluding hydrogens is 340 g/mol. The number of carboxylic acids is 1. The minimum Gasteiger partial charge on any atom is -0.478 e. The van der Waals surface area contributed by atoms with Crippen molar-refractivity contribution in [3.63, 3.8) is 0 Å². The van der Waals surface area contributed by atoms with Crippen LogP contribution in [-0.2, 0) is 13.0 Å². The first-order chi connectivity index (χ1) is 13.1. The molecule has 0 aliphatic heterocycles. The quantitative estimate of drug-likeness (QED) is 0.608. The van der Waals surface area contributed by atoms with Crippen molar-refractivity contribution in [1.29, 1.82) is 0 Å². The fraction of sp³-hybridized carbons (Fsp3) is 0.333. The highest BCUT2D eigenvalue weighted by atomic mass is 16.4. The van der Waals surface area contributed by atoms with Gasteiger partial charge in [-0.1, -0.05) is 44.0 Å². The summed E-state index contributed by atoms with van der Waals surface area (Å²) in [7, 11) is 0. The van der Waals surface area contributed by atoms with Gasteiger partial charge in [-0.2, -0.15) is 5.10 Å².